The van der Waals surface area contributed by atoms with Crippen molar-refractivity contribution in [3.05, 3.63) is 0 Å². The quantitative estimate of drug-likeness (QED) is 0.180. The molecule has 2 N–H and O–H groups in total. The molecule has 16 heavy (non-hydrogen) atoms. The summed E-state index contributed by atoms with van der Waals surface area (Å²) >= 11 is 14.0. The Bertz CT molecular complexity index is 126. The summed E-state index contributed by atoms with van der Waals surface area (Å²) in [6, 6.07) is 0. The van der Waals surface area contributed by atoms with E-state index in [1.165, 1.54) is 0 Å². The summed E-state index contributed by atoms with van der Waals surface area (Å²) in [5, 5.41) is 16.2. The molecule has 86 valence electrons. The summed E-state index contributed by atoms with van der Waals surface area (Å²) in [5.74, 6) is 0. The van der Waals surface area contributed by atoms with E-state index in [0.717, 1.165) is 12.8 Å². The first-order valence-electron chi connectivity index (χ1n) is 3.40. The predicted octanol–water partition coefficient (Wildman–Crippen LogP) is -5.07. The van der Waals surface area contributed by atoms with E-state index < -0.39 is 8.89 Å². The fourth-order valence-electron chi connectivity index (χ4n) is 0.224. The van der Waals surface area contributed by atoms with Gasteiger partial charge < -0.3 is 45.1 Å². The predicted molar refractivity (Wildman–Crippen MR) is 66.9 cm³/mol. The Labute approximate surface area is 162 Å². The van der Waals surface area contributed by atoms with Crippen LogP contribution in [0.5, 0.6) is 0 Å². The van der Waals surface area contributed by atoms with Gasteiger partial charge in [0, 0.05) is 13.2 Å². The van der Waals surface area contributed by atoms with Crippen molar-refractivity contribution >= 4 is 59.4 Å². The molecule has 0 aromatic rings. The van der Waals surface area contributed by atoms with Crippen LogP contribution in [0.4, 0.5) is 9.59 Å². The van der Waals surface area contributed by atoms with Crippen LogP contribution in [0.15, 0.2) is 0 Å². The maximum Gasteiger partial charge on any atom is 1.00 e. The fraction of sp³-hybridized carbons (Fsp3) is 0.667. The van der Waals surface area contributed by atoms with Crippen LogP contribution in [0.3, 0.4) is 0 Å². The molecule has 4 nitrogen and oxygen atoms in total. The number of unbranched alkanes of at least 4 members (excludes halogenated alkanes) is 1. The van der Waals surface area contributed by atoms with Gasteiger partial charge in [0.25, 0.3) is 0 Å². The molecule has 0 heterocycles. The van der Waals surface area contributed by atoms with Crippen molar-refractivity contribution in [3.63, 3.8) is 0 Å². The van der Waals surface area contributed by atoms with Crippen molar-refractivity contribution in [3.8, 4) is 0 Å². The van der Waals surface area contributed by atoms with Gasteiger partial charge in [0.05, 0.1) is 8.89 Å². The van der Waals surface area contributed by atoms with Crippen LogP contribution in [0.1, 0.15) is 12.8 Å². The van der Waals surface area contributed by atoms with E-state index in [1.807, 2.05) is 0 Å². The number of aliphatic hydroxyl groups excluding tert-OH is 2. The smallest absolute Gasteiger partial charge is 0.731 e. The molecule has 0 aliphatic heterocycles. The molecule has 0 aliphatic carbocycles. The SMILES string of the molecule is O=C([S-])S.O=C([S-])S.OCCCCO.[Na+].[Na+]. The zero-order valence-electron chi connectivity index (χ0n) is 9.25. The summed E-state index contributed by atoms with van der Waals surface area (Å²) in [4.78, 5) is 18.2. The maximum absolute atomic E-state index is 9.12. The van der Waals surface area contributed by atoms with Crippen molar-refractivity contribution in [2.24, 2.45) is 0 Å². The van der Waals surface area contributed by atoms with Crippen LogP contribution in [0, 0.1) is 0 Å². The second-order valence-electron chi connectivity index (χ2n) is 1.69. The molecule has 10 heteroatoms. The van der Waals surface area contributed by atoms with E-state index in [2.05, 4.69) is 50.5 Å². The minimum Gasteiger partial charge on any atom is -0.731 e. The number of thiol groups is 2. The van der Waals surface area contributed by atoms with Crippen LogP contribution >= 0.6 is 25.3 Å². The summed E-state index contributed by atoms with van der Waals surface area (Å²) < 4.78 is -1.11. The molecule has 0 saturated carbocycles. The van der Waals surface area contributed by atoms with E-state index >= 15 is 0 Å². The number of carbonyl (C=O) groups is 2. The standard InChI is InChI=1S/C4H10O2.2CH2OS2.2Na/c5-3-1-2-4-6;2*2-1(3)4;;/h5-6H,1-4H2;2*(H2,2,3,4);;/q;;;2*+1/p-2. The Kier molecular flexibility index (Phi) is 59.0. The van der Waals surface area contributed by atoms with Gasteiger partial charge in [-0.25, -0.2) is 0 Å². The van der Waals surface area contributed by atoms with Crippen molar-refractivity contribution in [1.29, 1.82) is 0 Å². The fourth-order valence-corrected chi connectivity index (χ4v) is 0.224. The second kappa shape index (κ2) is 30.4. The molecule has 0 saturated heterocycles. The minimum atomic E-state index is -0.556. The van der Waals surface area contributed by atoms with E-state index in [9.17, 15) is 0 Å². The molecule has 0 spiro atoms. The van der Waals surface area contributed by atoms with E-state index in [-0.39, 0.29) is 72.3 Å². The zero-order valence-corrected chi connectivity index (χ0v) is 16.7. The van der Waals surface area contributed by atoms with Crippen molar-refractivity contribution in [2.75, 3.05) is 13.2 Å². The molecule has 0 unspecified atom stereocenters. The van der Waals surface area contributed by atoms with Crippen molar-refractivity contribution in [2.45, 2.75) is 12.8 Å². The van der Waals surface area contributed by atoms with Crippen LogP contribution in [-0.4, -0.2) is 32.3 Å². The van der Waals surface area contributed by atoms with Gasteiger partial charge in [0.15, 0.2) is 0 Å². The van der Waals surface area contributed by atoms with E-state index in [1.54, 1.807) is 0 Å². The first-order chi connectivity index (χ1) is 6.38. The Morgan fingerprint density at radius 3 is 1.06 bits per heavy atom. The Balaban J connectivity index is -0.0000000367. The molecule has 0 rings (SSSR count). The largest absolute Gasteiger partial charge is 1.00 e. The Hall–Kier alpha value is 2.40. The summed E-state index contributed by atoms with van der Waals surface area (Å²) in [7, 11) is 0. The van der Waals surface area contributed by atoms with Gasteiger partial charge in [0.1, 0.15) is 0 Å². The third-order valence-corrected chi connectivity index (χ3v) is 0.566. The number of aliphatic hydroxyl groups is 2. The van der Waals surface area contributed by atoms with Crippen LogP contribution in [0.25, 0.3) is 0 Å². The molecule has 0 bridgehead atoms. The van der Waals surface area contributed by atoms with Crippen molar-refractivity contribution < 1.29 is 78.9 Å². The van der Waals surface area contributed by atoms with Crippen LogP contribution in [0.2, 0.25) is 0 Å². The van der Waals surface area contributed by atoms with E-state index in [0.29, 0.717) is 0 Å². The third kappa shape index (κ3) is 133. The van der Waals surface area contributed by atoms with Gasteiger partial charge in [-0.1, -0.05) is 0 Å². The van der Waals surface area contributed by atoms with Crippen LogP contribution in [-0.2, 0) is 25.3 Å². The molecule has 0 aliphatic rings. The monoisotopic (exact) mass is 322 g/mol. The molecular weight excluding hydrogens is 310 g/mol. The molecule has 0 aromatic carbocycles. The van der Waals surface area contributed by atoms with Gasteiger partial charge in [0.2, 0.25) is 0 Å². The van der Waals surface area contributed by atoms with Crippen molar-refractivity contribution in [1.82, 2.24) is 0 Å². The second-order valence-corrected chi connectivity index (χ2v) is 3.85. The normalized spacial score (nSPS) is 6.50. The van der Waals surface area contributed by atoms with E-state index in [4.69, 9.17) is 19.8 Å². The number of carbonyl (C=O) groups excluding carboxylic acids is 2. The number of hydrogen-bond donors (Lipinski definition) is 4. The molecule has 0 atom stereocenters. The van der Waals surface area contributed by atoms with Gasteiger partial charge in [-0.2, -0.15) is 0 Å². The summed E-state index contributed by atoms with van der Waals surface area (Å²) in [6.45, 7) is 0.390. The Morgan fingerprint density at radius 1 is 0.875 bits per heavy atom. The summed E-state index contributed by atoms with van der Waals surface area (Å²) in [6.07, 6.45) is 1.44. The molecule has 0 aromatic heterocycles. The molecular formula is C6H12Na2O4S4. The topological polar surface area (TPSA) is 74.6 Å². The molecule has 0 radical (unpaired) electrons. The number of hydrogen-bond acceptors (Lipinski definition) is 6. The average molecular weight is 322 g/mol. The molecule has 0 fully saturated rings. The third-order valence-electron chi connectivity index (χ3n) is 0.566. The Morgan fingerprint density at radius 2 is 1.00 bits per heavy atom. The number of rotatable bonds is 3. The summed E-state index contributed by atoms with van der Waals surface area (Å²) in [5.41, 5.74) is 0. The van der Waals surface area contributed by atoms with Gasteiger partial charge in [-0.05, 0) is 12.8 Å². The van der Waals surface area contributed by atoms with Gasteiger partial charge >= 0.3 is 59.1 Å². The first-order valence-corrected chi connectivity index (χ1v) is 5.11. The zero-order chi connectivity index (χ0) is 12.0. The van der Waals surface area contributed by atoms with Gasteiger partial charge in [-0.3, -0.25) is 0 Å². The molecule has 0 amide bonds. The minimum absolute atomic E-state index is 0. The maximum atomic E-state index is 9.12. The average Bonchev–Trinajstić information content (AvgIpc) is 1.98. The van der Waals surface area contributed by atoms with Crippen LogP contribution < -0.4 is 59.1 Å². The first kappa shape index (κ1) is 31.0. The van der Waals surface area contributed by atoms with Gasteiger partial charge in [-0.15, -0.1) is 25.3 Å².